The summed E-state index contributed by atoms with van der Waals surface area (Å²) in [6, 6.07) is -5.97. The summed E-state index contributed by atoms with van der Waals surface area (Å²) in [6.45, 7) is 3.31. The van der Waals surface area contributed by atoms with E-state index < -0.39 is 84.5 Å². The fourth-order valence-corrected chi connectivity index (χ4v) is 2.69. The van der Waals surface area contributed by atoms with Gasteiger partial charge in [0.05, 0.1) is 18.9 Å². The topological polar surface area (TPSA) is 268 Å². The molecule has 10 N–H and O–H groups in total. The highest BCUT2D eigenvalue weighted by Crippen LogP contribution is 2.10. The van der Waals surface area contributed by atoms with Crippen LogP contribution in [0.4, 0.5) is 0 Å². The van der Waals surface area contributed by atoms with Crippen molar-refractivity contribution in [2.45, 2.75) is 70.1 Å². The quantitative estimate of drug-likeness (QED) is 0.109. The predicted molar refractivity (Wildman–Crippen MR) is 114 cm³/mol. The van der Waals surface area contributed by atoms with E-state index in [0.29, 0.717) is 6.42 Å². The number of rotatable bonds is 16. The first kappa shape index (κ1) is 30.2. The van der Waals surface area contributed by atoms with Crippen molar-refractivity contribution in [3.05, 3.63) is 0 Å². The fraction of sp³-hybridized carbons (Fsp3) is 0.632. The van der Waals surface area contributed by atoms with Gasteiger partial charge in [-0.2, -0.15) is 0 Å². The normalized spacial score (nSPS) is 15.0. The lowest BCUT2D eigenvalue weighted by Gasteiger charge is -2.27. The average molecular weight is 489 g/mol. The van der Waals surface area contributed by atoms with Crippen molar-refractivity contribution < 1.29 is 48.9 Å². The van der Waals surface area contributed by atoms with Crippen molar-refractivity contribution in [3.8, 4) is 0 Å². The van der Waals surface area contributed by atoms with Gasteiger partial charge in [-0.1, -0.05) is 20.3 Å². The lowest BCUT2D eigenvalue weighted by Crippen LogP contribution is -2.59. The van der Waals surface area contributed by atoms with Crippen LogP contribution in [0.5, 0.6) is 0 Å². The summed E-state index contributed by atoms with van der Waals surface area (Å²) < 4.78 is 0. The highest BCUT2D eigenvalue weighted by Gasteiger charge is 2.33. The molecule has 0 aromatic carbocycles. The van der Waals surface area contributed by atoms with E-state index in [1.807, 2.05) is 5.32 Å². The van der Waals surface area contributed by atoms with Crippen LogP contribution < -0.4 is 27.4 Å². The first-order valence-corrected chi connectivity index (χ1v) is 10.3. The number of carboxylic acid groups (broad SMARTS) is 3. The number of nitrogens with two attached hydrogens (primary N) is 2. The zero-order valence-electron chi connectivity index (χ0n) is 18.8. The summed E-state index contributed by atoms with van der Waals surface area (Å²) in [5, 5.41) is 33.1. The molecule has 192 valence electrons. The highest BCUT2D eigenvalue weighted by atomic mass is 16.4. The van der Waals surface area contributed by atoms with Crippen LogP contribution in [0.3, 0.4) is 0 Å². The zero-order chi connectivity index (χ0) is 26.6. The standard InChI is InChI=1S/C19H31N5O10/c1-3-8(2)15(24-16(30)9(20)4-5-13(26)27)18(32)22-10(6-12(21)25)17(31)23-11(19(33)34)7-14(28)29/h8-11,15H,3-7,20H2,1-2H3,(H2,21,25)(H,22,32)(H,23,31)(H,24,30)(H,26,27)(H,28,29)(H,33,34). The second-order valence-electron chi connectivity index (χ2n) is 7.64. The van der Waals surface area contributed by atoms with Crippen molar-refractivity contribution in [2.24, 2.45) is 17.4 Å². The Balaban J connectivity index is 5.57. The van der Waals surface area contributed by atoms with Crippen molar-refractivity contribution in [1.82, 2.24) is 16.0 Å². The van der Waals surface area contributed by atoms with Gasteiger partial charge in [-0.3, -0.25) is 28.8 Å². The summed E-state index contributed by atoms with van der Waals surface area (Å²) in [4.78, 5) is 81.8. The molecule has 34 heavy (non-hydrogen) atoms. The lowest BCUT2D eigenvalue weighted by atomic mass is 9.97. The average Bonchev–Trinajstić information content (AvgIpc) is 2.72. The van der Waals surface area contributed by atoms with Gasteiger partial charge < -0.3 is 42.7 Å². The number of hydrogen-bond acceptors (Lipinski definition) is 8. The molecule has 5 unspecified atom stereocenters. The van der Waals surface area contributed by atoms with Crippen molar-refractivity contribution in [3.63, 3.8) is 0 Å². The summed E-state index contributed by atoms with van der Waals surface area (Å²) in [7, 11) is 0. The van der Waals surface area contributed by atoms with E-state index in [2.05, 4.69) is 10.6 Å². The van der Waals surface area contributed by atoms with Gasteiger partial charge in [-0.25, -0.2) is 4.79 Å². The maximum Gasteiger partial charge on any atom is 0.326 e. The Kier molecular flexibility index (Phi) is 12.8. The minimum Gasteiger partial charge on any atom is -0.481 e. The van der Waals surface area contributed by atoms with E-state index in [0.717, 1.165) is 0 Å². The first-order chi connectivity index (χ1) is 15.7. The number of amides is 4. The van der Waals surface area contributed by atoms with E-state index >= 15 is 0 Å². The maximum absolute atomic E-state index is 12.9. The van der Waals surface area contributed by atoms with Crippen LogP contribution in [-0.2, 0) is 33.6 Å². The zero-order valence-corrected chi connectivity index (χ0v) is 18.8. The molecule has 0 saturated heterocycles. The number of primary amides is 1. The molecule has 0 spiro atoms. The van der Waals surface area contributed by atoms with E-state index in [1.54, 1.807) is 13.8 Å². The van der Waals surface area contributed by atoms with E-state index in [-0.39, 0.29) is 12.8 Å². The van der Waals surface area contributed by atoms with Crippen LogP contribution >= 0.6 is 0 Å². The number of nitrogens with one attached hydrogen (secondary N) is 3. The largest absolute Gasteiger partial charge is 0.481 e. The summed E-state index contributed by atoms with van der Waals surface area (Å²) >= 11 is 0. The Morgan fingerprint density at radius 2 is 1.35 bits per heavy atom. The molecule has 0 bridgehead atoms. The molecule has 0 aromatic rings. The van der Waals surface area contributed by atoms with Crippen LogP contribution in [0.25, 0.3) is 0 Å². The predicted octanol–water partition coefficient (Wildman–Crippen LogP) is -2.89. The molecule has 0 aromatic heterocycles. The van der Waals surface area contributed by atoms with Gasteiger partial charge in [0.1, 0.15) is 18.1 Å². The van der Waals surface area contributed by atoms with E-state index in [9.17, 15) is 33.6 Å². The summed E-state index contributed by atoms with van der Waals surface area (Å²) in [5.41, 5.74) is 10.8. The van der Waals surface area contributed by atoms with Crippen LogP contribution in [-0.4, -0.2) is 81.0 Å². The third-order valence-corrected chi connectivity index (χ3v) is 4.83. The Bertz CT molecular complexity index is 802. The Hall–Kier alpha value is -3.75. The molecule has 4 amide bonds. The Labute approximate surface area is 194 Å². The number of carboxylic acids is 3. The van der Waals surface area contributed by atoms with Crippen molar-refractivity contribution in [1.29, 1.82) is 0 Å². The Morgan fingerprint density at radius 1 is 0.794 bits per heavy atom. The van der Waals surface area contributed by atoms with Gasteiger partial charge in [0.15, 0.2) is 0 Å². The number of hydrogen-bond donors (Lipinski definition) is 8. The number of carbonyl (C=O) groups excluding carboxylic acids is 4. The van der Waals surface area contributed by atoms with E-state index in [4.69, 9.17) is 26.8 Å². The molecule has 0 radical (unpaired) electrons. The third-order valence-electron chi connectivity index (χ3n) is 4.83. The second kappa shape index (κ2) is 14.4. The van der Waals surface area contributed by atoms with Crippen LogP contribution in [0.2, 0.25) is 0 Å². The van der Waals surface area contributed by atoms with Crippen LogP contribution in [0.1, 0.15) is 46.0 Å². The molecule has 0 aliphatic heterocycles. The highest BCUT2D eigenvalue weighted by molar-refractivity contribution is 5.96. The molecular weight excluding hydrogens is 458 g/mol. The second-order valence-corrected chi connectivity index (χ2v) is 7.64. The molecule has 0 rings (SSSR count). The molecule has 0 aliphatic rings. The van der Waals surface area contributed by atoms with Gasteiger partial charge >= 0.3 is 17.9 Å². The van der Waals surface area contributed by atoms with Gasteiger partial charge in [0.25, 0.3) is 0 Å². The smallest absolute Gasteiger partial charge is 0.326 e. The van der Waals surface area contributed by atoms with Gasteiger partial charge in [-0.15, -0.1) is 0 Å². The molecule has 0 saturated carbocycles. The molecule has 0 fully saturated rings. The van der Waals surface area contributed by atoms with E-state index in [1.165, 1.54) is 0 Å². The molecule has 0 heterocycles. The van der Waals surface area contributed by atoms with Gasteiger partial charge in [0.2, 0.25) is 23.6 Å². The lowest BCUT2D eigenvalue weighted by molar-refractivity contribution is -0.147. The number of aliphatic carboxylic acids is 3. The van der Waals surface area contributed by atoms with Crippen molar-refractivity contribution in [2.75, 3.05) is 0 Å². The van der Waals surface area contributed by atoms with Crippen LogP contribution in [0.15, 0.2) is 0 Å². The first-order valence-electron chi connectivity index (χ1n) is 10.3. The fourth-order valence-electron chi connectivity index (χ4n) is 2.69. The van der Waals surface area contributed by atoms with Crippen molar-refractivity contribution >= 4 is 41.5 Å². The molecular formula is C19H31N5O10. The summed E-state index contributed by atoms with van der Waals surface area (Å²) in [6.07, 6.45) is -1.89. The third kappa shape index (κ3) is 11.2. The van der Waals surface area contributed by atoms with Gasteiger partial charge in [0, 0.05) is 6.42 Å². The minimum atomic E-state index is -1.84. The SMILES string of the molecule is CCC(C)C(NC(=O)C(N)CCC(=O)O)C(=O)NC(CC(N)=O)C(=O)NC(CC(=O)O)C(=O)O. The maximum atomic E-state index is 12.9. The molecule has 5 atom stereocenters. The summed E-state index contributed by atoms with van der Waals surface area (Å²) in [5.74, 6) is -8.75. The van der Waals surface area contributed by atoms with Gasteiger partial charge in [-0.05, 0) is 12.3 Å². The van der Waals surface area contributed by atoms with Crippen LogP contribution in [0, 0.1) is 5.92 Å². The molecule has 15 heteroatoms. The minimum absolute atomic E-state index is 0.192. The molecule has 0 aliphatic carbocycles. The number of carbonyl (C=O) groups is 7. The Morgan fingerprint density at radius 3 is 1.79 bits per heavy atom. The monoisotopic (exact) mass is 489 g/mol. The molecule has 15 nitrogen and oxygen atoms in total.